The summed E-state index contributed by atoms with van der Waals surface area (Å²) in [4.78, 5) is 0. The van der Waals surface area contributed by atoms with Crippen molar-refractivity contribution >= 4 is 32.4 Å². The third-order valence-electron chi connectivity index (χ3n) is 1.83. The van der Waals surface area contributed by atoms with Gasteiger partial charge in [-0.15, -0.1) is 10.2 Å². The van der Waals surface area contributed by atoms with Gasteiger partial charge < -0.3 is 5.32 Å². The molecule has 0 atom stereocenters. The van der Waals surface area contributed by atoms with Gasteiger partial charge in [0.05, 0.1) is 5.69 Å². The van der Waals surface area contributed by atoms with Crippen molar-refractivity contribution in [3.05, 3.63) is 21.9 Å². The molecule has 0 fully saturated rings. The first kappa shape index (κ1) is 10.6. The number of aromatic nitrogens is 4. The fraction of sp³-hybridized carbons (Fsp3) is 0.375. The molecule has 0 aliphatic carbocycles. The number of anilines is 1. The smallest absolute Gasteiger partial charge is 0.206 e. The van der Waals surface area contributed by atoms with Gasteiger partial charge in [-0.2, -0.15) is 5.10 Å². The Hall–Kier alpha value is -0.950. The molecule has 0 bridgehead atoms. The summed E-state index contributed by atoms with van der Waals surface area (Å²) in [7, 11) is 1.92. The van der Waals surface area contributed by atoms with Gasteiger partial charge in [-0.25, -0.2) is 0 Å². The van der Waals surface area contributed by atoms with Gasteiger partial charge in [0, 0.05) is 26.2 Å². The van der Waals surface area contributed by atoms with Gasteiger partial charge in [0.2, 0.25) is 5.13 Å². The van der Waals surface area contributed by atoms with Gasteiger partial charge in [0.25, 0.3) is 0 Å². The summed E-state index contributed by atoms with van der Waals surface area (Å²) >= 11 is 4.75. The Balaban J connectivity index is 1.80. The first-order valence-corrected chi connectivity index (χ1v) is 6.06. The summed E-state index contributed by atoms with van der Waals surface area (Å²) in [6, 6.07) is 2.01. The number of halogens is 1. The van der Waals surface area contributed by atoms with Crippen LogP contribution in [0.4, 0.5) is 5.13 Å². The summed E-state index contributed by atoms with van der Waals surface area (Å²) in [5, 5.41) is 16.1. The zero-order valence-corrected chi connectivity index (χ0v) is 10.5. The maximum absolute atomic E-state index is 4.28. The highest BCUT2D eigenvalue weighted by Crippen LogP contribution is 2.19. The Morgan fingerprint density at radius 3 is 3.00 bits per heavy atom. The average Bonchev–Trinajstić information content (AvgIpc) is 2.76. The molecule has 0 saturated carbocycles. The van der Waals surface area contributed by atoms with Crippen LogP contribution in [0.3, 0.4) is 0 Å². The van der Waals surface area contributed by atoms with Gasteiger partial charge in [0.15, 0.2) is 3.92 Å². The van der Waals surface area contributed by atoms with Gasteiger partial charge in [-0.05, 0) is 22.0 Å². The normalized spacial score (nSPS) is 10.5. The molecule has 7 heteroatoms. The first-order valence-electron chi connectivity index (χ1n) is 4.45. The lowest BCUT2D eigenvalue weighted by Gasteiger charge is -1.98. The minimum Gasteiger partial charge on any atom is -0.360 e. The predicted octanol–water partition coefficient (Wildman–Crippen LogP) is 1.69. The highest BCUT2D eigenvalue weighted by molar-refractivity contribution is 9.11. The predicted molar refractivity (Wildman–Crippen MR) is 63.0 cm³/mol. The Bertz CT molecular complexity index is 397. The topological polar surface area (TPSA) is 55.6 Å². The van der Waals surface area contributed by atoms with Crippen molar-refractivity contribution in [2.24, 2.45) is 7.05 Å². The molecule has 0 amide bonds. The van der Waals surface area contributed by atoms with E-state index in [-0.39, 0.29) is 0 Å². The highest BCUT2D eigenvalue weighted by Gasteiger charge is 2.01. The van der Waals surface area contributed by atoms with Gasteiger partial charge in [0.1, 0.15) is 0 Å². The molecule has 2 heterocycles. The first-order chi connectivity index (χ1) is 7.24. The minimum absolute atomic E-state index is 0.794. The second-order valence-electron chi connectivity index (χ2n) is 3.02. The quantitative estimate of drug-likeness (QED) is 0.930. The summed E-state index contributed by atoms with van der Waals surface area (Å²) in [6.45, 7) is 0.818. The highest BCUT2D eigenvalue weighted by atomic mass is 79.9. The number of nitrogens with one attached hydrogen (secondary N) is 1. The Labute approximate surface area is 99.7 Å². The number of hydrogen-bond donors (Lipinski definition) is 1. The van der Waals surface area contributed by atoms with Crippen molar-refractivity contribution in [1.82, 2.24) is 20.0 Å². The van der Waals surface area contributed by atoms with Crippen LogP contribution in [-0.2, 0) is 13.5 Å². The molecule has 0 aliphatic heterocycles. The van der Waals surface area contributed by atoms with Crippen molar-refractivity contribution < 1.29 is 0 Å². The van der Waals surface area contributed by atoms with Crippen LogP contribution in [0.5, 0.6) is 0 Å². The monoisotopic (exact) mass is 287 g/mol. The molecule has 2 aromatic heterocycles. The lowest BCUT2D eigenvalue weighted by Crippen LogP contribution is -2.05. The molecule has 2 aromatic rings. The SMILES string of the molecule is Cn1ccc(CCNc2nnc(Br)s2)n1. The average molecular weight is 288 g/mol. The second-order valence-corrected chi connectivity index (χ2v) is 5.27. The molecule has 1 N–H and O–H groups in total. The van der Waals surface area contributed by atoms with Crippen LogP contribution < -0.4 is 5.32 Å². The van der Waals surface area contributed by atoms with Crippen LogP contribution in [0.2, 0.25) is 0 Å². The van der Waals surface area contributed by atoms with E-state index >= 15 is 0 Å². The molecular formula is C8H10BrN5S. The molecule has 80 valence electrons. The van der Waals surface area contributed by atoms with E-state index in [9.17, 15) is 0 Å². The maximum Gasteiger partial charge on any atom is 0.206 e. The van der Waals surface area contributed by atoms with E-state index in [1.54, 1.807) is 4.68 Å². The van der Waals surface area contributed by atoms with Crippen molar-refractivity contribution in [2.45, 2.75) is 6.42 Å². The number of hydrogen-bond acceptors (Lipinski definition) is 5. The maximum atomic E-state index is 4.28. The lowest BCUT2D eigenvalue weighted by atomic mass is 10.3. The molecule has 0 aromatic carbocycles. The van der Waals surface area contributed by atoms with E-state index in [1.807, 2.05) is 19.3 Å². The van der Waals surface area contributed by atoms with E-state index in [1.165, 1.54) is 11.3 Å². The molecule has 2 rings (SSSR count). The summed E-state index contributed by atoms with van der Waals surface area (Å²) in [5.41, 5.74) is 1.08. The van der Waals surface area contributed by atoms with Gasteiger partial charge in [-0.1, -0.05) is 11.3 Å². The third-order valence-corrected chi connectivity index (χ3v) is 3.14. The van der Waals surface area contributed by atoms with E-state index in [4.69, 9.17) is 0 Å². The van der Waals surface area contributed by atoms with E-state index in [0.717, 1.165) is 27.7 Å². The summed E-state index contributed by atoms with van der Waals surface area (Å²) < 4.78 is 2.60. The van der Waals surface area contributed by atoms with Crippen molar-refractivity contribution in [3.63, 3.8) is 0 Å². The minimum atomic E-state index is 0.794. The van der Waals surface area contributed by atoms with E-state index in [0.29, 0.717) is 0 Å². The van der Waals surface area contributed by atoms with Crippen LogP contribution in [0, 0.1) is 0 Å². The zero-order chi connectivity index (χ0) is 10.7. The molecule has 5 nitrogen and oxygen atoms in total. The Kier molecular flexibility index (Phi) is 3.32. The third kappa shape index (κ3) is 3.00. The molecule has 15 heavy (non-hydrogen) atoms. The zero-order valence-electron chi connectivity index (χ0n) is 8.14. The number of aryl methyl sites for hydroxylation is 1. The lowest BCUT2D eigenvalue weighted by molar-refractivity contribution is 0.742. The van der Waals surface area contributed by atoms with Crippen LogP contribution in [0.15, 0.2) is 16.2 Å². The van der Waals surface area contributed by atoms with Crippen molar-refractivity contribution in [3.8, 4) is 0 Å². The molecule has 0 saturated heterocycles. The molecule has 0 unspecified atom stereocenters. The van der Waals surface area contributed by atoms with E-state index in [2.05, 4.69) is 36.5 Å². The van der Waals surface area contributed by atoms with Gasteiger partial charge in [-0.3, -0.25) is 4.68 Å². The fourth-order valence-electron chi connectivity index (χ4n) is 1.17. The van der Waals surface area contributed by atoms with Crippen molar-refractivity contribution in [2.75, 3.05) is 11.9 Å². The standard InChI is InChI=1S/C8H10BrN5S/c1-14-5-3-6(13-14)2-4-10-8-12-11-7(9)15-8/h3,5H,2,4H2,1H3,(H,10,12). The Morgan fingerprint density at radius 1 is 1.53 bits per heavy atom. The van der Waals surface area contributed by atoms with Crippen LogP contribution in [0.1, 0.15) is 5.69 Å². The Morgan fingerprint density at radius 2 is 2.40 bits per heavy atom. The molecule has 0 spiro atoms. The fourth-order valence-corrected chi connectivity index (χ4v) is 2.21. The number of nitrogens with zero attached hydrogens (tertiary/aromatic N) is 4. The van der Waals surface area contributed by atoms with Crippen LogP contribution >= 0.6 is 27.3 Å². The molecular weight excluding hydrogens is 278 g/mol. The largest absolute Gasteiger partial charge is 0.360 e. The number of rotatable bonds is 4. The summed E-state index contributed by atoms with van der Waals surface area (Å²) in [6.07, 6.45) is 2.83. The molecule has 0 radical (unpaired) electrons. The van der Waals surface area contributed by atoms with E-state index < -0.39 is 0 Å². The second kappa shape index (κ2) is 4.71. The van der Waals surface area contributed by atoms with Crippen molar-refractivity contribution in [1.29, 1.82) is 0 Å². The molecule has 0 aliphatic rings. The van der Waals surface area contributed by atoms with Crippen LogP contribution in [0.25, 0.3) is 0 Å². The van der Waals surface area contributed by atoms with Gasteiger partial charge >= 0.3 is 0 Å². The van der Waals surface area contributed by atoms with Crippen LogP contribution in [-0.4, -0.2) is 26.5 Å². The summed E-state index contributed by atoms with van der Waals surface area (Å²) in [5.74, 6) is 0.